The first-order valence-corrected chi connectivity index (χ1v) is 7.63. The van der Waals surface area contributed by atoms with Crippen LogP contribution in [0.25, 0.3) is 0 Å². The molecule has 0 aromatic heterocycles. The van der Waals surface area contributed by atoms with E-state index in [4.69, 9.17) is 5.73 Å². The molecule has 0 radical (unpaired) electrons. The van der Waals surface area contributed by atoms with Crippen molar-refractivity contribution in [3.05, 3.63) is 70.5 Å². The molecule has 3 rings (SSSR count). The molecule has 2 N–H and O–H groups in total. The summed E-state index contributed by atoms with van der Waals surface area (Å²) < 4.78 is 13.3. The van der Waals surface area contributed by atoms with Crippen molar-refractivity contribution in [3.63, 3.8) is 0 Å². The first-order valence-electron chi connectivity index (χ1n) is 7.63. The first-order chi connectivity index (χ1) is 9.99. The average molecular weight is 283 g/mol. The minimum atomic E-state index is -0.342. The Morgan fingerprint density at radius 3 is 2.76 bits per heavy atom. The highest BCUT2D eigenvalue weighted by Gasteiger charge is 2.35. The molecular formula is C19H22FN. The van der Waals surface area contributed by atoms with Gasteiger partial charge in [-0.1, -0.05) is 37.3 Å². The van der Waals surface area contributed by atoms with Crippen molar-refractivity contribution in [1.82, 2.24) is 0 Å². The highest BCUT2D eigenvalue weighted by molar-refractivity contribution is 5.41. The van der Waals surface area contributed by atoms with E-state index in [0.29, 0.717) is 5.92 Å². The van der Waals surface area contributed by atoms with Crippen LogP contribution in [0.15, 0.2) is 42.5 Å². The molecule has 0 bridgehead atoms. The monoisotopic (exact) mass is 283 g/mol. The SMILES string of the molecule is Cc1cc(F)ccc1CC1(N)CCC(C)c2ccccc21. The van der Waals surface area contributed by atoms with Gasteiger partial charge in [0.2, 0.25) is 0 Å². The molecule has 21 heavy (non-hydrogen) atoms. The van der Waals surface area contributed by atoms with Gasteiger partial charge in [-0.2, -0.15) is 0 Å². The lowest BCUT2D eigenvalue weighted by atomic mass is 9.70. The van der Waals surface area contributed by atoms with E-state index in [1.165, 1.54) is 17.2 Å². The molecule has 0 saturated heterocycles. The minimum Gasteiger partial charge on any atom is -0.321 e. The first kappa shape index (κ1) is 14.3. The predicted molar refractivity (Wildman–Crippen MR) is 84.8 cm³/mol. The summed E-state index contributed by atoms with van der Waals surface area (Å²) in [5.41, 5.74) is 11.2. The van der Waals surface area contributed by atoms with Crippen LogP contribution in [-0.4, -0.2) is 0 Å². The van der Waals surface area contributed by atoms with E-state index < -0.39 is 0 Å². The lowest BCUT2D eigenvalue weighted by molar-refractivity contribution is 0.348. The summed E-state index contributed by atoms with van der Waals surface area (Å²) in [7, 11) is 0. The molecule has 0 amide bonds. The van der Waals surface area contributed by atoms with Crippen molar-refractivity contribution in [3.8, 4) is 0 Å². The molecule has 0 heterocycles. The molecule has 0 fully saturated rings. The van der Waals surface area contributed by atoms with Crippen LogP contribution in [0.3, 0.4) is 0 Å². The highest BCUT2D eigenvalue weighted by Crippen LogP contribution is 2.41. The van der Waals surface area contributed by atoms with E-state index in [1.807, 2.05) is 13.0 Å². The van der Waals surface area contributed by atoms with Gasteiger partial charge in [0.25, 0.3) is 0 Å². The van der Waals surface area contributed by atoms with Gasteiger partial charge in [0, 0.05) is 5.54 Å². The molecule has 110 valence electrons. The number of halogens is 1. The Labute approximate surface area is 126 Å². The van der Waals surface area contributed by atoms with Crippen molar-refractivity contribution in [2.75, 3.05) is 0 Å². The third-order valence-corrected chi connectivity index (χ3v) is 4.86. The third-order valence-electron chi connectivity index (χ3n) is 4.86. The molecule has 2 aromatic rings. The summed E-state index contributed by atoms with van der Waals surface area (Å²) in [6, 6.07) is 13.5. The van der Waals surface area contributed by atoms with Crippen molar-refractivity contribution < 1.29 is 4.39 Å². The Hall–Kier alpha value is -1.67. The zero-order chi connectivity index (χ0) is 15.0. The van der Waals surface area contributed by atoms with Crippen LogP contribution < -0.4 is 5.73 Å². The van der Waals surface area contributed by atoms with Crippen molar-refractivity contribution in [2.45, 2.75) is 44.6 Å². The third kappa shape index (κ3) is 2.60. The van der Waals surface area contributed by atoms with E-state index in [-0.39, 0.29) is 11.4 Å². The van der Waals surface area contributed by atoms with Crippen molar-refractivity contribution >= 4 is 0 Å². The Morgan fingerprint density at radius 1 is 1.24 bits per heavy atom. The van der Waals surface area contributed by atoms with Crippen molar-refractivity contribution in [1.29, 1.82) is 0 Å². The summed E-state index contributed by atoms with van der Waals surface area (Å²) in [5.74, 6) is 0.382. The standard InChI is InChI=1S/C19H22FN/c1-13-9-10-19(21,18-6-4-3-5-17(13)18)12-15-7-8-16(20)11-14(15)2/h3-8,11,13H,9-10,12,21H2,1-2H3. The van der Waals surface area contributed by atoms with Gasteiger partial charge in [-0.15, -0.1) is 0 Å². The van der Waals surface area contributed by atoms with E-state index >= 15 is 0 Å². The molecule has 2 heteroatoms. The second-order valence-corrected chi connectivity index (χ2v) is 6.43. The second kappa shape index (κ2) is 5.27. The number of benzene rings is 2. The normalized spacial score (nSPS) is 24.7. The maximum atomic E-state index is 13.3. The highest BCUT2D eigenvalue weighted by atomic mass is 19.1. The van der Waals surface area contributed by atoms with Crippen LogP contribution >= 0.6 is 0 Å². The summed E-state index contributed by atoms with van der Waals surface area (Å²) in [6.07, 6.45) is 2.85. The average Bonchev–Trinajstić information content (AvgIpc) is 2.47. The number of hydrogen-bond acceptors (Lipinski definition) is 1. The number of aryl methyl sites for hydroxylation is 1. The van der Waals surface area contributed by atoms with Gasteiger partial charge in [-0.25, -0.2) is 4.39 Å². The lowest BCUT2D eigenvalue weighted by Crippen LogP contribution is -2.42. The van der Waals surface area contributed by atoms with Gasteiger partial charge in [-0.05, 0) is 66.5 Å². The summed E-state index contributed by atoms with van der Waals surface area (Å²) in [6.45, 7) is 4.22. The molecular weight excluding hydrogens is 261 g/mol. The fraction of sp³-hybridized carbons (Fsp3) is 0.368. The van der Waals surface area contributed by atoms with Crippen LogP contribution in [-0.2, 0) is 12.0 Å². The fourth-order valence-electron chi connectivity index (χ4n) is 3.53. The molecule has 1 aliphatic carbocycles. The quantitative estimate of drug-likeness (QED) is 0.867. The van der Waals surface area contributed by atoms with Crippen LogP contribution in [0.4, 0.5) is 4.39 Å². The molecule has 1 nitrogen and oxygen atoms in total. The number of nitrogens with two attached hydrogens (primary N) is 1. The topological polar surface area (TPSA) is 26.0 Å². The zero-order valence-electron chi connectivity index (χ0n) is 12.7. The Balaban J connectivity index is 2.00. The van der Waals surface area contributed by atoms with E-state index in [1.54, 1.807) is 6.07 Å². The summed E-state index contributed by atoms with van der Waals surface area (Å²) >= 11 is 0. The molecule has 1 aliphatic rings. The number of rotatable bonds is 2. The van der Waals surface area contributed by atoms with Crippen LogP contribution in [0.2, 0.25) is 0 Å². The molecule has 0 aliphatic heterocycles. The van der Waals surface area contributed by atoms with Crippen molar-refractivity contribution in [2.24, 2.45) is 5.73 Å². The summed E-state index contributed by atoms with van der Waals surface area (Å²) in [4.78, 5) is 0. The number of fused-ring (bicyclic) bond motifs is 1. The van der Waals surface area contributed by atoms with E-state index in [0.717, 1.165) is 30.4 Å². The fourth-order valence-corrected chi connectivity index (χ4v) is 3.53. The van der Waals surface area contributed by atoms with Gasteiger partial charge in [0.05, 0.1) is 0 Å². The smallest absolute Gasteiger partial charge is 0.123 e. The minimum absolute atomic E-state index is 0.181. The van der Waals surface area contributed by atoms with Gasteiger partial charge in [0.1, 0.15) is 5.82 Å². The predicted octanol–water partition coefficient (Wildman–Crippen LogP) is 4.43. The van der Waals surface area contributed by atoms with Crippen LogP contribution in [0.1, 0.15) is 47.9 Å². The molecule has 0 saturated carbocycles. The van der Waals surface area contributed by atoms with Gasteiger partial charge >= 0.3 is 0 Å². The lowest BCUT2D eigenvalue weighted by Gasteiger charge is -2.39. The number of hydrogen-bond donors (Lipinski definition) is 1. The molecule has 2 atom stereocenters. The second-order valence-electron chi connectivity index (χ2n) is 6.43. The maximum Gasteiger partial charge on any atom is 0.123 e. The summed E-state index contributed by atoms with van der Waals surface area (Å²) in [5, 5.41) is 0. The van der Waals surface area contributed by atoms with Gasteiger partial charge < -0.3 is 5.73 Å². The van der Waals surface area contributed by atoms with Crippen LogP contribution in [0.5, 0.6) is 0 Å². The Morgan fingerprint density at radius 2 is 2.00 bits per heavy atom. The molecule has 2 unspecified atom stereocenters. The van der Waals surface area contributed by atoms with Gasteiger partial charge in [0.15, 0.2) is 0 Å². The maximum absolute atomic E-state index is 13.3. The Kier molecular flexibility index (Phi) is 3.58. The van der Waals surface area contributed by atoms with E-state index in [9.17, 15) is 4.39 Å². The van der Waals surface area contributed by atoms with Gasteiger partial charge in [-0.3, -0.25) is 0 Å². The van der Waals surface area contributed by atoms with E-state index in [2.05, 4.69) is 31.2 Å². The molecule has 0 spiro atoms. The Bertz CT molecular complexity index is 664. The van der Waals surface area contributed by atoms with Crippen LogP contribution in [0, 0.1) is 12.7 Å². The largest absolute Gasteiger partial charge is 0.321 e. The zero-order valence-corrected chi connectivity index (χ0v) is 12.7. The molecule has 2 aromatic carbocycles.